The minimum absolute atomic E-state index is 0.0595. The second-order valence-corrected chi connectivity index (χ2v) is 8.36. The summed E-state index contributed by atoms with van der Waals surface area (Å²) in [4.78, 5) is 12.4. The fourth-order valence-corrected chi connectivity index (χ4v) is 5.67. The molecule has 0 aromatic carbocycles. The van der Waals surface area contributed by atoms with Gasteiger partial charge >= 0.3 is 0 Å². The van der Waals surface area contributed by atoms with Crippen LogP contribution in [0.4, 0.5) is 0 Å². The summed E-state index contributed by atoms with van der Waals surface area (Å²) in [6.07, 6.45) is 8.14. The average Bonchev–Trinajstić information content (AvgIpc) is 2.37. The fourth-order valence-electron chi connectivity index (χ4n) is 5.67. The summed E-state index contributed by atoms with van der Waals surface area (Å²) in [6, 6.07) is 2.38. The Balaban J connectivity index is 1.69. The van der Waals surface area contributed by atoms with Gasteiger partial charge in [-0.2, -0.15) is 5.26 Å². The second-order valence-electron chi connectivity index (χ2n) is 8.36. The molecular weight excluding hydrogens is 260 g/mol. The lowest BCUT2D eigenvalue weighted by Gasteiger charge is -2.59. The van der Waals surface area contributed by atoms with E-state index in [1.807, 2.05) is 13.8 Å². The Morgan fingerprint density at radius 3 is 1.95 bits per heavy atom. The van der Waals surface area contributed by atoms with Crippen LogP contribution in [0.15, 0.2) is 0 Å². The number of hydrogen-bond donors (Lipinski definition) is 1. The Morgan fingerprint density at radius 1 is 1.10 bits per heavy atom. The highest BCUT2D eigenvalue weighted by molar-refractivity contribution is 5.81. The quantitative estimate of drug-likeness (QED) is 0.860. The number of nitriles is 1. The summed E-state index contributed by atoms with van der Waals surface area (Å²) in [7, 11) is 0. The van der Waals surface area contributed by atoms with Gasteiger partial charge < -0.3 is 5.32 Å². The van der Waals surface area contributed by atoms with E-state index in [9.17, 15) is 10.1 Å². The third-order valence-electron chi connectivity index (χ3n) is 6.45. The Kier molecular flexibility index (Phi) is 3.76. The number of nitrogens with one attached hydrogen (secondary N) is 1. The van der Waals surface area contributed by atoms with Gasteiger partial charge in [-0.3, -0.25) is 4.79 Å². The van der Waals surface area contributed by atoms with Crippen molar-refractivity contribution in [3.05, 3.63) is 0 Å². The summed E-state index contributed by atoms with van der Waals surface area (Å²) in [5.41, 5.74) is 0.321. The van der Waals surface area contributed by atoms with Crippen molar-refractivity contribution in [3.8, 4) is 6.07 Å². The molecule has 3 nitrogen and oxygen atoms in total. The van der Waals surface area contributed by atoms with Crippen LogP contribution in [0, 0.1) is 46.3 Å². The number of rotatable bonds is 4. The highest BCUT2D eigenvalue weighted by atomic mass is 16.1. The van der Waals surface area contributed by atoms with Gasteiger partial charge in [0, 0.05) is 6.04 Å². The van der Waals surface area contributed by atoms with Gasteiger partial charge in [0.15, 0.2) is 0 Å². The molecule has 0 spiro atoms. The van der Waals surface area contributed by atoms with Gasteiger partial charge in [-0.05, 0) is 74.5 Å². The van der Waals surface area contributed by atoms with Crippen molar-refractivity contribution >= 4 is 5.91 Å². The predicted molar refractivity (Wildman–Crippen MR) is 82.2 cm³/mol. The predicted octanol–water partition coefficient (Wildman–Crippen LogP) is 3.50. The van der Waals surface area contributed by atoms with Gasteiger partial charge in [0.1, 0.15) is 5.92 Å². The van der Waals surface area contributed by atoms with Crippen molar-refractivity contribution in [2.45, 2.75) is 65.3 Å². The highest BCUT2D eigenvalue weighted by Gasteiger charge is 2.53. The topological polar surface area (TPSA) is 52.9 Å². The molecule has 2 unspecified atom stereocenters. The molecule has 4 bridgehead atoms. The zero-order valence-corrected chi connectivity index (χ0v) is 13.6. The van der Waals surface area contributed by atoms with Crippen LogP contribution in [-0.4, -0.2) is 11.9 Å². The molecule has 0 aromatic heterocycles. The molecular formula is C18H28N2O. The summed E-state index contributed by atoms with van der Waals surface area (Å²) in [6.45, 7) is 6.07. The molecule has 3 heteroatoms. The van der Waals surface area contributed by atoms with Crippen LogP contribution < -0.4 is 5.32 Å². The van der Waals surface area contributed by atoms with Gasteiger partial charge in [0.2, 0.25) is 5.91 Å². The van der Waals surface area contributed by atoms with E-state index in [1.165, 1.54) is 38.5 Å². The molecule has 0 aromatic rings. The first-order valence-corrected chi connectivity index (χ1v) is 8.63. The molecule has 2 atom stereocenters. The van der Waals surface area contributed by atoms with Gasteiger partial charge in [-0.25, -0.2) is 0 Å². The lowest BCUT2D eigenvalue weighted by molar-refractivity contribution is -0.129. The minimum Gasteiger partial charge on any atom is -0.352 e. The average molecular weight is 288 g/mol. The fraction of sp³-hybridized carbons (Fsp3) is 0.889. The van der Waals surface area contributed by atoms with Crippen LogP contribution in [0.5, 0.6) is 0 Å². The summed E-state index contributed by atoms with van der Waals surface area (Å²) >= 11 is 0. The van der Waals surface area contributed by atoms with E-state index in [4.69, 9.17) is 0 Å². The van der Waals surface area contributed by atoms with Crippen LogP contribution in [0.25, 0.3) is 0 Å². The zero-order valence-electron chi connectivity index (χ0n) is 13.6. The molecule has 0 heterocycles. The molecule has 4 saturated carbocycles. The molecule has 1 amide bonds. The van der Waals surface area contributed by atoms with E-state index >= 15 is 0 Å². The van der Waals surface area contributed by atoms with Gasteiger partial charge in [-0.15, -0.1) is 0 Å². The number of nitrogens with zero attached hydrogens (tertiary/aromatic N) is 1. The zero-order chi connectivity index (χ0) is 15.2. The smallest absolute Gasteiger partial charge is 0.237 e. The normalized spacial score (nSPS) is 39.9. The second kappa shape index (κ2) is 5.30. The standard InChI is InChI=1S/C18H28N2O/c1-11(2)16(10-19)17(21)20-12(3)18-7-13-4-14(8-18)6-15(5-13)9-18/h11-16H,4-9H2,1-3H3,(H,20,21). The number of carbonyl (C=O) groups is 1. The lowest BCUT2D eigenvalue weighted by atomic mass is 9.48. The summed E-state index contributed by atoms with van der Waals surface area (Å²) < 4.78 is 0. The van der Waals surface area contributed by atoms with Crippen LogP contribution in [0.2, 0.25) is 0 Å². The maximum atomic E-state index is 12.4. The largest absolute Gasteiger partial charge is 0.352 e. The Labute approximate surface area is 128 Å². The lowest BCUT2D eigenvalue weighted by Crippen LogP contribution is -2.56. The van der Waals surface area contributed by atoms with E-state index in [2.05, 4.69) is 18.3 Å². The SMILES string of the molecule is CC(C)C(C#N)C(=O)NC(C)C12CC3CC(CC(C3)C1)C2. The van der Waals surface area contributed by atoms with E-state index in [0.29, 0.717) is 5.41 Å². The molecule has 0 radical (unpaired) electrons. The van der Waals surface area contributed by atoms with Crippen LogP contribution >= 0.6 is 0 Å². The Hall–Kier alpha value is -1.04. The van der Waals surface area contributed by atoms with Crippen molar-refractivity contribution < 1.29 is 4.79 Å². The van der Waals surface area contributed by atoms with Crippen molar-refractivity contribution in [1.29, 1.82) is 5.26 Å². The summed E-state index contributed by atoms with van der Waals surface area (Å²) in [5, 5.41) is 12.4. The molecule has 116 valence electrons. The molecule has 0 aliphatic heterocycles. The maximum Gasteiger partial charge on any atom is 0.237 e. The van der Waals surface area contributed by atoms with E-state index in [0.717, 1.165) is 17.8 Å². The minimum atomic E-state index is -0.513. The van der Waals surface area contributed by atoms with E-state index in [1.54, 1.807) is 0 Å². The monoisotopic (exact) mass is 288 g/mol. The Bertz CT molecular complexity index is 427. The molecule has 4 fully saturated rings. The van der Waals surface area contributed by atoms with Crippen molar-refractivity contribution in [3.63, 3.8) is 0 Å². The first-order valence-electron chi connectivity index (χ1n) is 8.63. The van der Waals surface area contributed by atoms with Crippen molar-refractivity contribution in [2.75, 3.05) is 0 Å². The van der Waals surface area contributed by atoms with E-state index in [-0.39, 0.29) is 17.9 Å². The molecule has 4 aliphatic rings. The van der Waals surface area contributed by atoms with Crippen LogP contribution in [0.1, 0.15) is 59.3 Å². The number of carbonyl (C=O) groups excluding carboxylic acids is 1. The van der Waals surface area contributed by atoms with Gasteiger partial charge in [0.05, 0.1) is 6.07 Å². The van der Waals surface area contributed by atoms with Gasteiger partial charge in [-0.1, -0.05) is 13.8 Å². The number of amides is 1. The molecule has 1 N–H and O–H groups in total. The van der Waals surface area contributed by atoms with Crippen molar-refractivity contribution in [1.82, 2.24) is 5.32 Å². The molecule has 21 heavy (non-hydrogen) atoms. The van der Waals surface area contributed by atoms with E-state index < -0.39 is 5.92 Å². The van der Waals surface area contributed by atoms with Crippen LogP contribution in [0.3, 0.4) is 0 Å². The highest BCUT2D eigenvalue weighted by Crippen LogP contribution is 2.61. The van der Waals surface area contributed by atoms with Crippen LogP contribution in [-0.2, 0) is 4.79 Å². The number of hydrogen-bond acceptors (Lipinski definition) is 2. The van der Waals surface area contributed by atoms with Gasteiger partial charge in [0.25, 0.3) is 0 Å². The van der Waals surface area contributed by atoms with Crippen molar-refractivity contribution in [2.24, 2.45) is 35.0 Å². The first-order chi connectivity index (χ1) is 9.93. The molecule has 4 rings (SSSR count). The third kappa shape index (κ3) is 2.58. The molecule has 0 saturated heterocycles. The molecule has 4 aliphatic carbocycles. The summed E-state index contributed by atoms with van der Waals surface area (Å²) in [5.74, 6) is 2.20. The first kappa shape index (κ1) is 14.9. The Morgan fingerprint density at radius 2 is 1.57 bits per heavy atom. The maximum absolute atomic E-state index is 12.4. The third-order valence-corrected chi connectivity index (χ3v) is 6.45.